The fraction of sp³-hybridized carbons (Fsp3) is 0.333. The number of nitrogens with zero attached hydrogens (tertiary/aromatic N) is 4. The van der Waals surface area contributed by atoms with Crippen LogP contribution in [0, 0.1) is 0 Å². The standard InChI is InChI=1S/C12H13BrN4O4/c1-3-20-9-5-7(12(18)19)4-8(13)11(9)21-6-10-14-16-17(2)15-10/h4-5H,3,6H2,1-2H3,(H,18,19). The average molecular weight is 357 g/mol. The van der Waals surface area contributed by atoms with E-state index in [1.807, 2.05) is 0 Å². The topological polar surface area (TPSA) is 99.4 Å². The number of carboxylic acids is 1. The maximum absolute atomic E-state index is 11.1. The summed E-state index contributed by atoms with van der Waals surface area (Å²) in [6, 6.07) is 2.86. The highest BCUT2D eigenvalue weighted by atomic mass is 79.9. The van der Waals surface area contributed by atoms with Crippen LogP contribution in [0.1, 0.15) is 23.1 Å². The highest BCUT2D eigenvalue weighted by molar-refractivity contribution is 9.10. The van der Waals surface area contributed by atoms with Crippen molar-refractivity contribution in [2.24, 2.45) is 7.05 Å². The molecular formula is C12H13BrN4O4. The molecule has 0 unspecified atom stereocenters. The molecule has 0 saturated heterocycles. The van der Waals surface area contributed by atoms with E-state index in [1.165, 1.54) is 16.9 Å². The summed E-state index contributed by atoms with van der Waals surface area (Å²) in [6.07, 6.45) is 0. The Labute approximate surface area is 128 Å². The molecule has 0 bridgehead atoms. The SMILES string of the molecule is CCOc1cc(C(=O)O)cc(Br)c1OCc1nnn(C)n1. The van der Waals surface area contributed by atoms with Gasteiger partial charge in [0.05, 0.1) is 23.7 Å². The zero-order valence-electron chi connectivity index (χ0n) is 11.4. The number of carbonyl (C=O) groups is 1. The van der Waals surface area contributed by atoms with Crippen molar-refractivity contribution in [1.82, 2.24) is 20.2 Å². The van der Waals surface area contributed by atoms with E-state index in [0.717, 1.165) is 0 Å². The number of aryl methyl sites for hydroxylation is 1. The number of rotatable bonds is 6. The molecule has 1 aromatic carbocycles. The van der Waals surface area contributed by atoms with Gasteiger partial charge in [-0.05, 0) is 40.2 Å². The van der Waals surface area contributed by atoms with Crippen molar-refractivity contribution in [2.75, 3.05) is 6.61 Å². The fourth-order valence-electron chi connectivity index (χ4n) is 1.61. The van der Waals surface area contributed by atoms with Crippen molar-refractivity contribution in [1.29, 1.82) is 0 Å². The van der Waals surface area contributed by atoms with Crippen molar-refractivity contribution in [3.05, 3.63) is 28.0 Å². The van der Waals surface area contributed by atoms with Crippen LogP contribution >= 0.6 is 15.9 Å². The highest BCUT2D eigenvalue weighted by Gasteiger charge is 2.16. The number of aromatic carboxylic acids is 1. The second kappa shape index (κ2) is 6.53. The maximum Gasteiger partial charge on any atom is 0.335 e. The molecule has 9 heteroatoms. The summed E-state index contributed by atoms with van der Waals surface area (Å²) < 4.78 is 11.5. The zero-order valence-corrected chi connectivity index (χ0v) is 13.0. The molecule has 0 aliphatic heterocycles. The molecule has 0 aliphatic carbocycles. The van der Waals surface area contributed by atoms with Crippen LogP contribution in [0.25, 0.3) is 0 Å². The van der Waals surface area contributed by atoms with Gasteiger partial charge in [-0.2, -0.15) is 4.80 Å². The molecule has 0 amide bonds. The van der Waals surface area contributed by atoms with Gasteiger partial charge in [-0.15, -0.1) is 10.2 Å². The second-order valence-electron chi connectivity index (χ2n) is 4.01. The first kappa shape index (κ1) is 15.2. The van der Waals surface area contributed by atoms with Crippen LogP contribution in [0.2, 0.25) is 0 Å². The van der Waals surface area contributed by atoms with Gasteiger partial charge in [0.1, 0.15) is 0 Å². The van der Waals surface area contributed by atoms with Gasteiger partial charge < -0.3 is 14.6 Å². The molecule has 1 N–H and O–H groups in total. The van der Waals surface area contributed by atoms with Gasteiger partial charge in [-0.3, -0.25) is 0 Å². The third-order valence-electron chi connectivity index (χ3n) is 2.45. The Bertz CT molecular complexity index is 659. The van der Waals surface area contributed by atoms with E-state index >= 15 is 0 Å². The minimum Gasteiger partial charge on any atom is -0.490 e. The molecule has 8 nitrogen and oxygen atoms in total. The van der Waals surface area contributed by atoms with Gasteiger partial charge in [0, 0.05) is 0 Å². The minimum absolute atomic E-state index is 0.0962. The number of aromatic nitrogens is 4. The van der Waals surface area contributed by atoms with Gasteiger partial charge in [0.25, 0.3) is 0 Å². The van der Waals surface area contributed by atoms with Crippen LogP contribution in [-0.2, 0) is 13.7 Å². The Kier molecular flexibility index (Phi) is 4.73. The van der Waals surface area contributed by atoms with E-state index < -0.39 is 5.97 Å². The lowest BCUT2D eigenvalue weighted by Crippen LogP contribution is -2.05. The number of benzene rings is 1. The first-order valence-corrected chi connectivity index (χ1v) is 6.86. The van der Waals surface area contributed by atoms with Gasteiger partial charge in [0.2, 0.25) is 5.82 Å². The Hall–Kier alpha value is -2.16. The number of tetrazole rings is 1. The van der Waals surface area contributed by atoms with E-state index in [0.29, 0.717) is 28.4 Å². The van der Waals surface area contributed by atoms with Crippen LogP contribution in [-0.4, -0.2) is 37.9 Å². The van der Waals surface area contributed by atoms with Gasteiger partial charge in [0.15, 0.2) is 18.1 Å². The quantitative estimate of drug-likeness (QED) is 0.839. The van der Waals surface area contributed by atoms with E-state index in [2.05, 4.69) is 31.3 Å². The summed E-state index contributed by atoms with van der Waals surface area (Å²) in [4.78, 5) is 12.4. The number of halogens is 1. The Balaban J connectivity index is 2.26. The lowest BCUT2D eigenvalue weighted by atomic mass is 10.2. The molecule has 0 radical (unpaired) electrons. The van der Waals surface area contributed by atoms with Gasteiger partial charge in [-0.25, -0.2) is 4.79 Å². The summed E-state index contributed by atoms with van der Waals surface area (Å²) in [7, 11) is 1.65. The molecule has 2 aromatic rings. The number of hydrogen-bond donors (Lipinski definition) is 1. The zero-order chi connectivity index (χ0) is 15.4. The van der Waals surface area contributed by atoms with Crippen molar-refractivity contribution in [3.63, 3.8) is 0 Å². The summed E-state index contributed by atoms with van der Waals surface area (Å²) in [5.41, 5.74) is 0.107. The minimum atomic E-state index is -1.04. The molecule has 0 aliphatic rings. The van der Waals surface area contributed by atoms with Crippen LogP contribution in [0.15, 0.2) is 16.6 Å². The number of ether oxygens (including phenoxy) is 2. The smallest absolute Gasteiger partial charge is 0.335 e. The van der Waals surface area contributed by atoms with E-state index in [9.17, 15) is 4.79 Å². The van der Waals surface area contributed by atoms with Crippen molar-refractivity contribution in [2.45, 2.75) is 13.5 Å². The molecular weight excluding hydrogens is 344 g/mol. The summed E-state index contributed by atoms with van der Waals surface area (Å²) in [6.45, 7) is 2.28. The van der Waals surface area contributed by atoms with E-state index in [-0.39, 0.29) is 12.2 Å². The third kappa shape index (κ3) is 3.69. The van der Waals surface area contributed by atoms with Gasteiger partial charge >= 0.3 is 5.97 Å². The lowest BCUT2D eigenvalue weighted by molar-refractivity contribution is 0.0696. The Morgan fingerprint density at radius 3 is 2.76 bits per heavy atom. The van der Waals surface area contributed by atoms with Crippen LogP contribution in [0.3, 0.4) is 0 Å². The van der Waals surface area contributed by atoms with Gasteiger partial charge in [-0.1, -0.05) is 0 Å². The first-order valence-electron chi connectivity index (χ1n) is 6.06. The second-order valence-corrected chi connectivity index (χ2v) is 4.86. The van der Waals surface area contributed by atoms with Crippen molar-refractivity contribution < 1.29 is 19.4 Å². The predicted octanol–water partition coefficient (Wildman–Crippen LogP) is 1.65. The number of carboxylic acid groups (broad SMARTS) is 1. The molecule has 0 saturated carbocycles. The number of hydrogen-bond acceptors (Lipinski definition) is 6. The van der Waals surface area contributed by atoms with Crippen molar-refractivity contribution in [3.8, 4) is 11.5 Å². The first-order chi connectivity index (χ1) is 10.0. The lowest BCUT2D eigenvalue weighted by Gasteiger charge is -2.13. The van der Waals surface area contributed by atoms with Crippen LogP contribution in [0.5, 0.6) is 11.5 Å². The molecule has 1 heterocycles. The van der Waals surface area contributed by atoms with Crippen LogP contribution in [0.4, 0.5) is 0 Å². The largest absolute Gasteiger partial charge is 0.490 e. The molecule has 112 valence electrons. The summed E-state index contributed by atoms with van der Waals surface area (Å²) in [5, 5.41) is 20.6. The average Bonchev–Trinajstić information content (AvgIpc) is 2.83. The molecule has 0 spiro atoms. The third-order valence-corrected chi connectivity index (χ3v) is 3.04. The molecule has 1 aromatic heterocycles. The fourth-order valence-corrected chi connectivity index (χ4v) is 2.17. The van der Waals surface area contributed by atoms with E-state index in [4.69, 9.17) is 14.6 Å². The maximum atomic E-state index is 11.1. The molecule has 0 fully saturated rings. The normalized spacial score (nSPS) is 10.4. The molecule has 21 heavy (non-hydrogen) atoms. The summed E-state index contributed by atoms with van der Waals surface area (Å²) >= 11 is 3.29. The Morgan fingerprint density at radius 2 is 2.19 bits per heavy atom. The van der Waals surface area contributed by atoms with E-state index in [1.54, 1.807) is 14.0 Å². The molecule has 0 atom stereocenters. The highest BCUT2D eigenvalue weighted by Crippen LogP contribution is 2.37. The predicted molar refractivity (Wildman–Crippen MR) is 75.4 cm³/mol. The van der Waals surface area contributed by atoms with Crippen LogP contribution < -0.4 is 9.47 Å². The summed E-state index contributed by atoms with van der Waals surface area (Å²) in [5.74, 6) is 0.107. The molecule has 2 rings (SSSR count). The Morgan fingerprint density at radius 1 is 1.43 bits per heavy atom. The monoisotopic (exact) mass is 356 g/mol. The van der Waals surface area contributed by atoms with Crippen molar-refractivity contribution >= 4 is 21.9 Å².